The predicted molar refractivity (Wildman–Crippen MR) is 68.1 cm³/mol. The number of carbonyl (C=O) groups is 1. The van der Waals surface area contributed by atoms with Crippen molar-refractivity contribution in [3.63, 3.8) is 0 Å². The smallest absolute Gasteiger partial charge is 0.340 e. The molecule has 2 N–H and O–H groups in total. The van der Waals surface area contributed by atoms with Gasteiger partial charge >= 0.3 is 5.97 Å². The van der Waals surface area contributed by atoms with Gasteiger partial charge in [0.15, 0.2) is 0 Å². The summed E-state index contributed by atoms with van der Waals surface area (Å²) < 4.78 is 6.81. The standard InChI is InChI=1S/C13H16N2O2/c1-8(2)15-7-11(13(16)17-3)10-5-4-9(14)6-12(10)15/h4-8H,14H2,1-3H3. The maximum absolute atomic E-state index is 11.7. The third-order valence-corrected chi connectivity index (χ3v) is 2.82. The Morgan fingerprint density at radius 2 is 2.12 bits per heavy atom. The van der Waals surface area contributed by atoms with Crippen LogP contribution in [0.3, 0.4) is 0 Å². The lowest BCUT2D eigenvalue weighted by molar-refractivity contribution is 0.0602. The number of nitrogen functional groups attached to an aromatic ring is 1. The Hall–Kier alpha value is -1.97. The largest absolute Gasteiger partial charge is 0.465 e. The lowest BCUT2D eigenvalue weighted by Crippen LogP contribution is -2.01. The summed E-state index contributed by atoms with van der Waals surface area (Å²) in [6.07, 6.45) is 1.82. The summed E-state index contributed by atoms with van der Waals surface area (Å²) in [6.45, 7) is 4.12. The van der Waals surface area contributed by atoms with Crippen LogP contribution in [0.15, 0.2) is 24.4 Å². The maximum Gasteiger partial charge on any atom is 0.340 e. The Labute approximate surface area is 100.0 Å². The molecule has 0 bridgehead atoms. The Balaban J connectivity index is 2.75. The van der Waals surface area contributed by atoms with E-state index in [2.05, 4.69) is 13.8 Å². The number of aromatic nitrogens is 1. The second-order valence-corrected chi connectivity index (χ2v) is 4.31. The molecular weight excluding hydrogens is 216 g/mol. The van der Waals surface area contributed by atoms with Crippen molar-refractivity contribution >= 4 is 22.6 Å². The van der Waals surface area contributed by atoms with Crippen molar-refractivity contribution in [2.24, 2.45) is 0 Å². The van der Waals surface area contributed by atoms with E-state index in [9.17, 15) is 4.79 Å². The molecule has 0 aliphatic carbocycles. The van der Waals surface area contributed by atoms with Crippen molar-refractivity contribution in [1.82, 2.24) is 4.57 Å². The van der Waals surface area contributed by atoms with Crippen molar-refractivity contribution in [2.75, 3.05) is 12.8 Å². The highest BCUT2D eigenvalue weighted by molar-refractivity contribution is 6.05. The highest BCUT2D eigenvalue weighted by Gasteiger charge is 2.16. The van der Waals surface area contributed by atoms with Gasteiger partial charge in [-0.15, -0.1) is 0 Å². The van der Waals surface area contributed by atoms with E-state index in [1.54, 1.807) is 6.07 Å². The van der Waals surface area contributed by atoms with Gasteiger partial charge < -0.3 is 15.0 Å². The summed E-state index contributed by atoms with van der Waals surface area (Å²) >= 11 is 0. The number of hydrogen-bond donors (Lipinski definition) is 1. The third-order valence-electron chi connectivity index (χ3n) is 2.82. The molecule has 2 aromatic rings. The Kier molecular flexibility index (Phi) is 2.79. The van der Waals surface area contributed by atoms with Crippen LogP contribution in [-0.2, 0) is 4.74 Å². The molecule has 1 aromatic carbocycles. The summed E-state index contributed by atoms with van der Waals surface area (Å²) in [7, 11) is 1.39. The first-order chi connectivity index (χ1) is 8.04. The minimum absolute atomic E-state index is 0.262. The number of nitrogens with zero attached hydrogens (tertiary/aromatic N) is 1. The van der Waals surface area contributed by atoms with E-state index in [1.165, 1.54) is 7.11 Å². The highest BCUT2D eigenvalue weighted by Crippen LogP contribution is 2.27. The lowest BCUT2D eigenvalue weighted by atomic mass is 10.1. The SMILES string of the molecule is COC(=O)c1cn(C(C)C)c2cc(N)ccc12. The Morgan fingerprint density at radius 1 is 1.41 bits per heavy atom. The van der Waals surface area contributed by atoms with Gasteiger partial charge in [0.2, 0.25) is 0 Å². The second kappa shape index (κ2) is 4.13. The molecule has 0 spiro atoms. The molecule has 0 radical (unpaired) electrons. The van der Waals surface area contributed by atoms with Gasteiger partial charge in [-0.25, -0.2) is 4.79 Å². The van der Waals surface area contributed by atoms with Crippen LogP contribution in [-0.4, -0.2) is 17.6 Å². The van der Waals surface area contributed by atoms with E-state index in [0.29, 0.717) is 11.3 Å². The number of anilines is 1. The molecule has 90 valence electrons. The van der Waals surface area contributed by atoms with Crippen LogP contribution in [0.4, 0.5) is 5.69 Å². The zero-order chi connectivity index (χ0) is 12.6. The van der Waals surface area contributed by atoms with E-state index in [0.717, 1.165) is 10.9 Å². The molecule has 4 heteroatoms. The first kappa shape index (κ1) is 11.5. The number of ether oxygens (including phenoxy) is 1. The summed E-state index contributed by atoms with van der Waals surface area (Å²) in [5.41, 5.74) is 8.01. The molecule has 0 saturated carbocycles. The molecule has 0 atom stereocenters. The number of rotatable bonds is 2. The number of benzene rings is 1. The molecule has 0 fully saturated rings. The molecule has 0 amide bonds. The summed E-state index contributed by atoms with van der Waals surface area (Å²) in [5, 5.41) is 0.875. The molecule has 17 heavy (non-hydrogen) atoms. The molecule has 1 heterocycles. The molecule has 2 rings (SSSR count). The molecule has 0 aliphatic rings. The van der Waals surface area contributed by atoms with Crippen molar-refractivity contribution in [2.45, 2.75) is 19.9 Å². The fourth-order valence-corrected chi connectivity index (χ4v) is 1.97. The number of esters is 1. The van der Waals surface area contributed by atoms with Gasteiger partial charge in [0.25, 0.3) is 0 Å². The quantitative estimate of drug-likeness (QED) is 0.639. The van der Waals surface area contributed by atoms with E-state index < -0.39 is 0 Å². The average Bonchev–Trinajstić information content (AvgIpc) is 2.66. The maximum atomic E-state index is 11.7. The highest BCUT2D eigenvalue weighted by atomic mass is 16.5. The lowest BCUT2D eigenvalue weighted by Gasteiger charge is -2.08. The van der Waals surface area contributed by atoms with Gasteiger partial charge in [-0.1, -0.05) is 0 Å². The fraction of sp³-hybridized carbons (Fsp3) is 0.308. The molecule has 4 nitrogen and oxygen atoms in total. The van der Waals surface area contributed by atoms with Gasteiger partial charge in [0.05, 0.1) is 18.2 Å². The average molecular weight is 232 g/mol. The number of nitrogens with two attached hydrogens (primary N) is 1. The zero-order valence-electron chi connectivity index (χ0n) is 10.2. The van der Waals surface area contributed by atoms with Gasteiger partial charge in [0, 0.05) is 23.3 Å². The third kappa shape index (κ3) is 1.86. The zero-order valence-corrected chi connectivity index (χ0v) is 10.2. The Morgan fingerprint density at radius 3 is 2.71 bits per heavy atom. The van der Waals surface area contributed by atoms with Crippen LogP contribution in [0.2, 0.25) is 0 Å². The first-order valence-corrected chi connectivity index (χ1v) is 5.53. The van der Waals surface area contributed by atoms with Gasteiger partial charge in [-0.05, 0) is 32.0 Å². The summed E-state index contributed by atoms with van der Waals surface area (Å²) in [6, 6.07) is 5.79. The molecule has 1 aromatic heterocycles. The number of carbonyl (C=O) groups excluding carboxylic acids is 1. The van der Waals surface area contributed by atoms with Gasteiger partial charge in [-0.2, -0.15) is 0 Å². The van der Waals surface area contributed by atoms with E-state index >= 15 is 0 Å². The van der Waals surface area contributed by atoms with Crippen molar-refractivity contribution in [3.05, 3.63) is 30.0 Å². The number of fused-ring (bicyclic) bond motifs is 1. The summed E-state index contributed by atoms with van der Waals surface area (Å²) in [5.74, 6) is -0.320. The topological polar surface area (TPSA) is 57.2 Å². The van der Waals surface area contributed by atoms with Crippen LogP contribution in [0, 0.1) is 0 Å². The van der Waals surface area contributed by atoms with Crippen LogP contribution < -0.4 is 5.73 Å². The molecule has 0 unspecified atom stereocenters. The van der Waals surface area contributed by atoms with Gasteiger partial charge in [-0.3, -0.25) is 0 Å². The number of methoxy groups -OCH3 is 1. The second-order valence-electron chi connectivity index (χ2n) is 4.31. The molecular formula is C13H16N2O2. The van der Waals surface area contributed by atoms with Crippen molar-refractivity contribution in [3.8, 4) is 0 Å². The van der Waals surface area contributed by atoms with Crippen molar-refractivity contribution in [1.29, 1.82) is 0 Å². The first-order valence-electron chi connectivity index (χ1n) is 5.53. The normalized spacial score (nSPS) is 11.1. The number of hydrogen-bond acceptors (Lipinski definition) is 3. The van der Waals surface area contributed by atoms with E-state index in [1.807, 2.05) is 22.9 Å². The van der Waals surface area contributed by atoms with Crippen LogP contribution in [0.5, 0.6) is 0 Å². The summed E-state index contributed by atoms with van der Waals surface area (Å²) in [4.78, 5) is 11.7. The van der Waals surface area contributed by atoms with Crippen molar-refractivity contribution < 1.29 is 9.53 Å². The Bertz CT molecular complexity index is 570. The minimum Gasteiger partial charge on any atom is -0.465 e. The van der Waals surface area contributed by atoms with Crippen LogP contribution in [0.1, 0.15) is 30.2 Å². The molecule has 0 aliphatic heterocycles. The predicted octanol–water partition coefficient (Wildman–Crippen LogP) is 2.59. The minimum atomic E-state index is -0.320. The van der Waals surface area contributed by atoms with Crippen LogP contribution >= 0.6 is 0 Å². The van der Waals surface area contributed by atoms with E-state index in [4.69, 9.17) is 10.5 Å². The van der Waals surface area contributed by atoms with Crippen LogP contribution in [0.25, 0.3) is 10.9 Å². The fourth-order valence-electron chi connectivity index (χ4n) is 1.97. The van der Waals surface area contributed by atoms with E-state index in [-0.39, 0.29) is 12.0 Å². The molecule has 0 saturated heterocycles. The monoisotopic (exact) mass is 232 g/mol. The van der Waals surface area contributed by atoms with Gasteiger partial charge in [0.1, 0.15) is 0 Å².